The molecule has 0 saturated carbocycles. The van der Waals surface area contributed by atoms with Crippen molar-refractivity contribution in [2.75, 3.05) is 20.8 Å². The van der Waals surface area contributed by atoms with Crippen LogP contribution in [0.1, 0.15) is 55.6 Å². The van der Waals surface area contributed by atoms with Gasteiger partial charge in [-0.25, -0.2) is 9.78 Å². The van der Waals surface area contributed by atoms with Crippen LogP contribution in [-0.2, 0) is 16.0 Å². The number of rotatable bonds is 6. The van der Waals surface area contributed by atoms with Crippen molar-refractivity contribution in [1.29, 1.82) is 0 Å². The van der Waals surface area contributed by atoms with E-state index in [4.69, 9.17) is 19.3 Å². The van der Waals surface area contributed by atoms with Crippen LogP contribution in [0.2, 0.25) is 0 Å². The van der Waals surface area contributed by atoms with E-state index in [0.29, 0.717) is 12.3 Å². The minimum Gasteiger partial charge on any atom is -0.503 e. The van der Waals surface area contributed by atoms with E-state index < -0.39 is 17.9 Å². The second kappa shape index (κ2) is 14.2. The summed E-state index contributed by atoms with van der Waals surface area (Å²) in [6, 6.07) is 8.64. The normalized spacial score (nSPS) is 20.1. The zero-order chi connectivity index (χ0) is 25.8. The van der Waals surface area contributed by atoms with E-state index in [2.05, 4.69) is 22.4 Å². The van der Waals surface area contributed by atoms with Gasteiger partial charge in [-0.1, -0.05) is 18.6 Å². The number of aliphatic hydroxyl groups excluding tert-OH is 1. The highest BCUT2D eigenvalue weighted by atomic mass is 16.5. The van der Waals surface area contributed by atoms with Crippen molar-refractivity contribution in [3.05, 3.63) is 47.8 Å². The number of pyridine rings is 1. The lowest BCUT2D eigenvalue weighted by Crippen LogP contribution is -2.42. The van der Waals surface area contributed by atoms with Gasteiger partial charge in [0.1, 0.15) is 11.8 Å². The third-order valence-corrected chi connectivity index (χ3v) is 5.68. The topological polar surface area (TPSA) is 127 Å². The molecule has 3 N–H and O–H groups in total. The number of hydrogen-bond donors (Lipinski definition) is 3. The molecule has 192 valence electrons. The molecule has 2 unspecified atom stereocenters. The number of nitrogens with one attached hydrogen (secondary N) is 1. The molecule has 1 fully saturated rings. The standard InChI is InChI=1S/C24H30N2O6.C2H6O/c1-15-13-17(14-16-7-9-18(30-2)10-8-16)5-4-6-19(24(29)32-15)26-23(28)21-22(27)20(31-3)11-12-25-21;1-2-3/h7-12,15,17,19,27H,4-6,13-14H2,1-3H3,(H,26,28);3H,2H2,1H3/t15?,17?,19-;/m0./s1. The van der Waals surface area contributed by atoms with Crippen molar-refractivity contribution in [3.63, 3.8) is 0 Å². The van der Waals surface area contributed by atoms with Gasteiger partial charge in [0.25, 0.3) is 5.91 Å². The fourth-order valence-corrected chi connectivity index (χ4v) is 4.05. The molecule has 1 aliphatic rings. The number of carbonyl (C=O) groups excluding carboxylic acids is 2. The van der Waals surface area contributed by atoms with Gasteiger partial charge in [-0.2, -0.15) is 0 Å². The van der Waals surface area contributed by atoms with Crippen molar-refractivity contribution in [1.82, 2.24) is 10.3 Å². The number of cyclic esters (lactones) is 1. The molecule has 2 aromatic rings. The number of amides is 1. The average Bonchev–Trinajstić information content (AvgIpc) is 2.89. The van der Waals surface area contributed by atoms with Crippen molar-refractivity contribution >= 4 is 11.9 Å². The Balaban J connectivity index is 0.00000137. The van der Waals surface area contributed by atoms with E-state index >= 15 is 0 Å². The first kappa shape index (κ1) is 27.9. The van der Waals surface area contributed by atoms with Crippen LogP contribution < -0.4 is 14.8 Å². The Morgan fingerprint density at radius 1 is 1.17 bits per heavy atom. The molecular formula is C26H36N2O7. The Morgan fingerprint density at radius 2 is 1.86 bits per heavy atom. The molecule has 9 nitrogen and oxygen atoms in total. The molecule has 2 heterocycles. The fraction of sp³-hybridized carbons (Fsp3) is 0.500. The maximum atomic E-state index is 12.7. The summed E-state index contributed by atoms with van der Waals surface area (Å²) in [4.78, 5) is 29.3. The molecule has 1 aromatic carbocycles. The number of benzene rings is 1. The number of hydrogen-bond acceptors (Lipinski definition) is 8. The van der Waals surface area contributed by atoms with E-state index in [9.17, 15) is 14.7 Å². The summed E-state index contributed by atoms with van der Waals surface area (Å²) in [5.74, 6) is -0.178. The number of methoxy groups -OCH3 is 2. The molecule has 0 aliphatic carbocycles. The summed E-state index contributed by atoms with van der Waals surface area (Å²) in [7, 11) is 3.03. The van der Waals surface area contributed by atoms with Gasteiger partial charge in [0.2, 0.25) is 0 Å². The Labute approximate surface area is 206 Å². The maximum absolute atomic E-state index is 12.7. The van der Waals surface area contributed by atoms with Crippen LogP contribution in [0.25, 0.3) is 0 Å². The van der Waals surface area contributed by atoms with Gasteiger partial charge >= 0.3 is 5.97 Å². The van der Waals surface area contributed by atoms with Crippen molar-refractivity contribution < 1.29 is 34.0 Å². The van der Waals surface area contributed by atoms with Crippen LogP contribution in [0.4, 0.5) is 0 Å². The zero-order valence-corrected chi connectivity index (χ0v) is 20.8. The molecule has 3 rings (SSSR count). The van der Waals surface area contributed by atoms with Crippen molar-refractivity contribution in [2.24, 2.45) is 5.92 Å². The molecular weight excluding hydrogens is 452 g/mol. The van der Waals surface area contributed by atoms with Gasteiger partial charge in [0.05, 0.1) is 20.3 Å². The second-order valence-electron chi connectivity index (χ2n) is 8.39. The Morgan fingerprint density at radius 3 is 2.49 bits per heavy atom. The first-order valence-corrected chi connectivity index (χ1v) is 11.8. The minimum absolute atomic E-state index is 0.136. The average molecular weight is 489 g/mol. The van der Waals surface area contributed by atoms with Gasteiger partial charge in [0.15, 0.2) is 17.2 Å². The van der Waals surface area contributed by atoms with Crippen LogP contribution in [0.15, 0.2) is 36.5 Å². The SMILES string of the molecule is CCO.COc1ccc(CC2CCC[C@H](NC(=O)c3nccc(OC)c3O)C(=O)OC(C)C2)cc1. The first-order valence-electron chi connectivity index (χ1n) is 11.8. The molecule has 1 aromatic heterocycles. The highest BCUT2D eigenvalue weighted by molar-refractivity contribution is 5.97. The smallest absolute Gasteiger partial charge is 0.328 e. The largest absolute Gasteiger partial charge is 0.503 e. The number of aromatic hydroxyl groups is 1. The summed E-state index contributed by atoms with van der Waals surface area (Å²) in [5.41, 5.74) is 1.01. The van der Waals surface area contributed by atoms with Crippen LogP contribution in [0.3, 0.4) is 0 Å². The summed E-state index contributed by atoms with van der Waals surface area (Å²) < 4.78 is 15.9. The van der Waals surface area contributed by atoms with Gasteiger partial charge in [-0.15, -0.1) is 0 Å². The number of aliphatic hydroxyl groups is 1. The number of aromatic nitrogens is 1. The predicted molar refractivity (Wildman–Crippen MR) is 131 cm³/mol. The molecule has 1 amide bonds. The van der Waals surface area contributed by atoms with Crippen LogP contribution >= 0.6 is 0 Å². The molecule has 0 radical (unpaired) electrons. The number of nitrogens with zero attached hydrogens (tertiary/aromatic N) is 1. The maximum Gasteiger partial charge on any atom is 0.328 e. The van der Waals surface area contributed by atoms with Crippen LogP contribution in [-0.4, -0.2) is 60.0 Å². The summed E-state index contributed by atoms with van der Waals surface area (Å²) >= 11 is 0. The van der Waals surface area contributed by atoms with E-state index in [-0.39, 0.29) is 29.9 Å². The van der Waals surface area contributed by atoms with E-state index in [1.807, 2.05) is 19.1 Å². The highest BCUT2D eigenvalue weighted by Crippen LogP contribution is 2.28. The minimum atomic E-state index is -0.808. The third kappa shape index (κ3) is 8.43. The molecule has 0 spiro atoms. The summed E-state index contributed by atoms with van der Waals surface area (Å²) in [5, 5.41) is 20.4. The number of esters is 1. The molecule has 1 saturated heterocycles. The highest BCUT2D eigenvalue weighted by Gasteiger charge is 2.29. The fourth-order valence-electron chi connectivity index (χ4n) is 4.05. The van der Waals surface area contributed by atoms with E-state index in [0.717, 1.165) is 31.4 Å². The molecule has 0 bridgehead atoms. The van der Waals surface area contributed by atoms with Crippen LogP contribution in [0, 0.1) is 5.92 Å². The molecule has 3 atom stereocenters. The third-order valence-electron chi connectivity index (χ3n) is 5.68. The van der Waals surface area contributed by atoms with Gasteiger partial charge in [-0.3, -0.25) is 4.79 Å². The zero-order valence-electron chi connectivity index (χ0n) is 20.8. The predicted octanol–water partition coefficient (Wildman–Crippen LogP) is 3.27. The van der Waals surface area contributed by atoms with Gasteiger partial charge in [-0.05, 0) is 63.1 Å². The first-order chi connectivity index (χ1) is 16.8. The van der Waals surface area contributed by atoms with E-state index in [1.54, 1.807) is 14.0 Å². The number of ether oxygens (including phenoxy) is 3. The monoisotopic (exact) mass is 488 g/mol. The summed E-state index contributed by atoms with van der Waals surface area (Å²) in [6.45, 7) is 3.80. The molecule has 35 heavy (non-hydrogen) atoms. The molecule has 1 aliphatic heterocycles. The van der Waals surface area contributed by atoms with Crippen molar-refractivity contribution in [3.8, 4) is 17.2 Å². The summed E-state index contributed by atoms with van der Waals surface area (Å²) in [6.07, 6.45) is 4.82. The lowest BCUT2D eigenvalue weighted by Gasteiger charge is -2.20. The van der Waals surface area contributed by atoms with Gasteiger partial charge < -0.3 is 29.7 Å². The lowest BCUT2D eigenvalue weighted by atomic mass is 9.89. The Hall–Kier alpha value is -3.33. The second-order valence-corrected chi connectivity index (χ2v) is 8.39. The molecule has 9 heteroatoms. The van der Waals surface area contributed by atoms with Crippen LogP contribution in [0.5, 0.6) is 17.2 Å². The Bertz CT molecular complexity index is 949. The van der Waals surface area contributed by atoms with E-state index in [1.165, 1.54) is 24.9 Å². The number of carbonyl (C=O) groups is 2. The Kier molecular flexibility index (Phi) is 11.3. The quantitative estimate of drug-likeness (QED) is 0.529. The van der Waals surface area contributed by atoms with Crippen molar-refractivity contribution in [2.45, 2.75) is 58.1 Å². The lowest BCUT2D eigenvalue weighted by molar-refractivity contribution is -0.151. The van der Waals surface area contributed by atoms with Gasteiger partial charge in [0, 0.05) is 18.9 Å².